The van der Waals surface area contributed by atoms with Crippen molar-refractivity contribution >= 4 is 32.6 Å². The fourth-order valence-electron chi connectivity index (χ4n) is 3.79. The Kier molecular flexibility index (Phi) is 7.40. The molecule has 0 saturated carbocycles. The normalized spacial score (nSPS) is 14.6. The van der Waals surface area contributed by atoms with E-state index in [4.69, 9.17) is 14.5 Å². The van der Waals surface area contributed by atoms with E-state index in [1.165, 1.54) is 11.1 Å². The molecule has 1 amide bonds. The number of rotatable bonds is 8. The van der Waals surface area contributed by atoms with Crippen LogP contribution in [0.1, 0.15) is 23.1 Å². The summed E-state index contributed by atoms with van der Waals surface area (Å²) in [5, 5.41) is 0.744. The zero-order valence-corrected chi connectivity index (χ0v) is 19.9. The van der Waals surface area contributed by atoms with Gasteiger partial charge < -0.3 is 9.47 Å². The van der Waals surface area contributed by atoms with Gasteiger partial charge in [0.2, 0.25) is 0 Å². The smallest absolute Gasteiger partial charge is 0.266 e. The van der Waals surface area contributed by atoms with Gasteiger partial charge in [0.15, 0.2) is 11.7 Å². The van der Waals surface area contributed by atoms with E-state index >= 15 is 0 Å². The minimum atomic E-state index is -0.0685. The highest BCUT2D eigenvalue weighted by Crippen LogP contribution is 2.32. The largest absolute Gasteiger partial charge is 0.484 e. The summed E-state index contributed by atoms with van der Waals surface area (Å²) in [5.74, 6) is 0.633. The number of ether oxygens (including phenoxy) is 2. The van der Waals surface area contributed by atoms with Crippen LogP contribution in [0.4, 0.5) is 5.13 Å². The van der Waals surface area contributed by atoms with Crippen molar-refractivity contribution in [1.82, 2.24) is 9.88 Å². The standard InChI is InChI=1S/C25H31N3O3S/c1-18-5-8-21(9-6-18)31-17-23(29)28(12-4-11-27-13-15-30-16-14-27)25-26-24-20(3)19(2)7-10-22(24)32-25/h5-10H,4,11-17H2,1-3H3. The molecule has 0 radical (unpaired) electrons. The maximum atomic E-state index is 13.2. The number of hydrogen-bond donors (Lipinski definition) is 0. The summed E-state index contributed by atoms with van der Waals surface area (Å²) in [6, 6.07) is 12.0. The second-order valence-corrected chi connectivity index (χ2v) is 9.31. The van der Waals surface area contributed by atoms with Crippen LogP contribution in [-0.2, 0) is 9.53 Å². The monoisotopic (exact) mass is 453 g/mol. The summed E-state index contributed by atoms with van der Waals surface area (Å²) in [5.41, 5.74) is 4.52. The molecule has 0 N–H and O–H groups in total. The number of carbonyl (C=O) groups excluding carboxylic acids is 1. The third-order valence-electron chi connectivity index (χ3n) is 5.95. The van der Waals surface area contributed by atoms with Gasteiger partial charge in [0.25, 0.3) is 5.91 Å². The Morgan fingerprint density at radius 3 is 2.62 bits per heavy atom. The summed E-state index contributed by atoms with van der Waals surface area (Å²) in [7, 11) is 0. The number of aryl methyl sites for hydroxylation is 3. The first-order valence-electron chi connectivity index (χ1n) is 11.2. The van der Waals surface area contributed by atoms with Crippen LogP contribution in [0.2, 0.25) is 0 Å². The Bertz CT molecular complexity index is 1060. The number of hydrogen-bond acceptors (Lipinski definition) is 6. The lowest BCUT2D eigenvalue weighted by Gasteiger charge is -2.27. The Labute approximate surface area is 193 Å². The van der Waals surface area contributed by atoms with Crippen molar-refractivity contribution in [3.8, 4) is 5.75 Å². The highest BCUT2D eigenvalue weighted by Gasteiger charge is 2.22. The van der Waals surface area contributed by atoms with Crippen LogP contribution < -0.4 is 9.64 Å². The molecule has 0 aliphatic carbocycles. The highest BCUT2D eigenvalue weighted by molar-refractivity contribution is 7.22. The second-order valence-electron chi connectivity index (χ2n) is 8.31. The molecule has 3 aromatic rings. The maximum Gasteiger partial charge on any atom is 0.266 e. The lowest BCUT2D eigenvalue weighted by atomic mass is 10.1. The zero-order chi connectivity index (χ0) is 22.5. The van der Waals surface area contributed by atoms with Crippen LogP contribution in [-0.4, -0.2) is 61.8 Å². The molecular weight excluding hydrogens is 422 g/mol. The van der Waals surface area contributed by atoms with Crippen molar-refractivity contribution in [3.63, 3.8) is 0 Å². The van der Waals surface area contributed by atoms with Crippen LogP contribution >= 0.6 is 11.3 Å². The van der Waals surface area contributed by atoms with Gasteiger partial charge in [-0.3, -0.25) is 14.6 Å². The van der Waals surface area contributed by atoms with E-state index in [9.17, 15) is 4.79 Å². The highest BCUT2D eigenvalue weighted by atomic mass is 32.1. The average molecular weight is 454 g/mol. The molecular formula is C25H31N3O3S. The molecule has 1 fully saturated rings. The zero-order valence-electron chi connectivity index (χ0n) is 19.1. The molecule has 2 aromatic carbocycles. The minimum absolute atomic E-state index is 0.00541. The van der Waals surface area contributed by atoms with Crippen molar-refractivity contribution < 1.29 is 14.3 Å². The molecule has 1 aliphatic rings. The lowest BCUT2D eigenvalue weighted by molar-refractivity contribution is -0.120. The van der Waals surface area contributed by atoms with Crippen LogP contribution in [0.15, 0.2) is 36.4 Å². The molecule has 0 spiro atoms. The Morgan fingerprint density at radius 2 is 1.88 bits per heavy atom. The number of nitrogens with zero attached hydrogens (tertiary/aromatic N) is 3. The van der Waals surface area contributed by atoms with Gasteiger partial charge in [-0.05, 0) is 56.5 Å². The SMILES string of the molecule is Cc1ccc(OCC(=O)N(CCCN2CCOCC2)c2nc3c(C)c(C)ccc3s2)cc1. The first kappa shape index (κ1) is 22.7. The summed E-state index contributed by atoms with van der Waals surface area (Å²) in [4.78, 5) is 22.3. The molecule has 7 heteroatoms. The number of amides is 1. The van der Waals surface area contributed by atoms with Crippen LogP contribution in [0.25, 0.3) is 10.2 Å². The number of anilines is 1. The topological polar surface area (TPSA) is 54.9 Å². The van der Waals surface area contributed by atoms with E-state index in [-0.39, 0.29) is 12.5 Å². The number of aromatic nitrogens is 1. The van der Waals surface area contributed by atoms with Gasteiger partial charge in [0.05, 0.1) is 23.4 Å². The molecule has 0 bridgehead atoms. The molecule has 32 heavy (non-hydrogen) atoms. The van der Waals surface area contributed by atoms with Gasteiger partial charge in [-0.2, -0.15) is 0 Å². The number of morpholine rings is 1. The van der Waals surface area contributed by atoms with Crippen LogP contribution in [0.5, 0.6) is 5.75 Å². The molecule has 1 aromatic heterocycles. The van der Waals surface area contributed by atoms with E-state index in [2.05, 4.69) is 30.9 Å². The summed E-state index contributed by atoms with van der Waals surface area (Å²) in [6.45, 7) is 11.2. The molecule has 1 saturated heterocycles. The van der Waals surface area contributed by atoms with Gasteiger partial charge >= 0.3 is 0 Å². The van der Waals surface area contributed by atoms with Crippen LogP contribution in [0.3, 0.4) is 0 Å². The summed E-state index contributed by atoms with van der Waals surface area (Å²) in [6.07, 6.45) is 0.879. The fourth-order valence-corrected chi connectivity index (χ4v) is 4.86. The van der Waals surface area contributed by atoms with E-state index in [0.29, 0.717) is 12.3 Å². The van der Waals surface area contributed by atoms with Crippen molar-refractivity contribution in [2.24, 2.45) is 0 Å². The Hall–Kier alpha value is -2.48. The second kappa shape index (κ2) is 10.4. The van der Waals surface area contributed by atoms with Crippen molar-refractivity contribution in [2.75, 3.05) is 50.9 Å². The fraction of sp³-hybridized carbons (Fsp3) is 0.440. The Morgan fingerprint density at radius 1 is 1.12 bits per heavy atom. The number of thiazole rings is 1. The predicted molar refractivity (Wildman–Crippen MR) is 130 cm³/mol. The number of fused-ring (bicyclic) bond motifs is 1. The third kappa shape index (κ3) is 5.46. The van der Waals surface area contributed by atoms with Gasteiger partial charge in [-0.25, -0.2) is 4.98 Å². The molecule has 170 valence electrons. The molecule has 0 unspecified atom stereocenters. The first-order chi connectivity index (χ1) is 15.5. The van der Waals surface area contributed by atoms with Crippen molar-refractivity contribution in [2.45, 2.75) is 27.2 Å². The summed E-state index contributed by atoms with van der Waals surface area (Å²) >= 11 is 1.57. The molecule has 1 aliphatic heterocycles. The molecule has 2 heterocycles. The first-order valence-corrected chi connectivity index (χ1v) is 12.0. The summed E-state index contributed by atoms with van der Waals surface area (Å²) < 4.78 is 12.3. The minimum Gasteiger partial charge on any atom is -0.484 e. The number of carbonyl (C=O) groups is 1. The van der Waals surface area contributed by atoms with E-state index in [1.54, 1.807) is 16.2 Å². The van der Waals surface area contributed by atoms with Crippen molar-refractivity contribution in [3.05, 3.63) is 53.1 Å². The van der Waals surface area contributed by atoms with E-state index in [1.807, 2.05) is 31.2 Å². The third-order valence-corrected chi connectivity index (χ3v) is 6.99. The van der Waals surface area contributed by atoms with Gasteiger partial charge in [0.1, 0.15) is 5.75 Å². The average Bonchev–Trinajstić information content (AvgIpc) is 3.24. The molecule has 0 atom stereocenters. The quantitative estimate of drug-likeness (QED) is 0.507. The molecule has 6 nitrogen and oxygen atoms in total. The van der Waals surface area contributed by atoms with Crippen molar-refractivity contribution in [1.29, 1.82) is 0 Å². The number of benzene rings is 2. The molecule has 4 rings (SSSR count). The van der Waals surface area contributed by atoms with Crippen LogP contribution in [0, 0.1) is 20.8 Å². The maximum absolute atomic E-state index is 13.2. The van der Waals surface area contributed by atoms with E-state index in [0.717, 1.165) is 60.2 Å². The van der Waals surface area contributed by atoms with E-state index < -0.39 is 0 Å². The predicted octanol–water partition coefficient (Wildman–Crippen LogP) is 4.36. The lowest BCUT2D eigenvalue weighted by Crippen LogP contribution is -2.40. The Balaban J connectivity index is 1.49. The van der Waals surface area contributed by atoms with Gasteiger partial charge in [-0.15, -0.1) is 0 Å². The van der Waals surface area contributed by atoms with Gasteiger partial charge in [-0.1, -0.05) is 35.1 Å². The van der Waals surface area contributed by atoms with Gasteiger partial charge in [0, 0.05) is 26.2 Å².